The van der Waals surface area contributed by atoms with Crippen LogP contribution in [0.2, 0.25) is 0 Å². The van der Waals surface area contributed by atoms with Crippen molar-refractivity contribution in [3.8, 4) is 0 Å². The number of hydrogen-bond donors (Lipinski definition) is 2. The minimum Gasteiger partial charge on any atom is -0.344 e. The van der Waals surface area contributed by atoms with Crippen molar-refractivity contribution in [1.29, 1.82) is 0 Å². The Morgan fingerprint density at radius 2 is 1.88 bits per heavy atom. The topological polar surface area (TPSA) is 82.0 Å². The molecule has 0 bridgehead atoms. The number of rotatable bonds is 7. The number of hydrogen-bond acceptors (Lipinski definition) is 5. The number of nitrogens with one attached hydrogen (secondary N) is 2. The lowest BCUT2D eigenvalue weighted by Crippen LogP contribution is -2.22. The fourth-order valence-electron chi connectivity index (χ4n) is 4.09. The number of benzene rings is 2. The Balaban J connectivity index is 0.00000237. The lowest BCUT2D eigenvalue weighted by atomic mass is 10.1. The van der Waals surface area contributed by atoms with E-state index in [9.17, 15) is 18.0 Å². The summed E-state index contributed by atoms with van der Waals surface area (Å²) in [5.74, 6) is 0.00983. The summed E-state index contributed by atoms with van der Waals surface area (Å²) in [5.41, 5.74) is 2.69. The van der Waals surface area contributed by atoms with Crippen LogP contribution in [0.5, 0.6) is 0 Å². The molecular weight excluding hydrogens is 541 g/mol. The molecule has 2 aromatic carbocycles. The van der Waals surface area contributed by atoms with Crippen LogP contribution in [-0.2, 0) is 6.18 Å². The average Bonchev–Trinajstić information content (AvgIpc) is 3.41. The standard InChI is InChI=1S/C30H29F3N6O.C2H6/c1-5-7-27(23-8-6-11-34-16-23)36-21(4)37-28-12-22(10-9-19(28)2)29(40)38-25-13-24(30(31,32)33)14-26(15-25)39-17-20(3)35-18-39;1-2/h5-16,18,20H,1,17H2,2-4H3,(H,36,37)(H,38,40);1-2H3/b27-7-;. The maximum atomic E-state index is 13.6. The molecule has 2 N–H and O–H groups in total. The van der Waals surface area contributed by atoms with Crippen LogP contribution < -0.4 is 15.5 Å². The summed E-state index contributed by atoms with van der Waals surface area (Å²) < 4.78 is 40.9. The molecule has 0 spiro atoms. The molecule has 7 nitrogen and oxygen atoms in total. The Bertz CT molecular complexity index is 1500. The molecule has 0 radical (unpaired) electrons. The number of allylic oxidation sites excluding steroid dienone is 2. The maximum Gasteiger partial charge on any atom is 0.416 e. The minimum atomic E-state index is -4.58. The highest BCUT2D eigenvalue weighted by atomic mass is 19.4. The van der Waals surface area contributed by atoms with Gasteiger partial charge in [-0.2, -0.15) is 13.2 Å². The number of amides is 1. The van der Waals surface area contributed by atoms with Gasteiger partial charge in [-0.05, 0) is 74.9 Å². The number of pyridine rings is 1. The molecule has 1 aliphatic rings. The second-order valence-electron chi connectivity index (χ2n) is 9.37. The number of nitrogens with zero attached hydrogens (tertiary/aromatic N) is 4. The lowest BCUT2D eigenvalue weighted by Gasteiger charge is -2.19. The van der Waals surface area contributed by atoms with E-state index in [1.807, 2.05) is 39.8 Å². The number of carbonyl (C=O) groups excluding carboxylic acids is 1. The van der Waals surface area contributed by atoms with Crippen molar-refractivity contribution < 1.29 is 18.0 Å². The van der Waals surface area contributed by atoms with Crippen molar-refractivity contribution in [2.75, 3.05) is 22.1 Å². The van der Waals surface area contributed by atoms with Gasteiger partial charge in [0.15, 0.2) is 0 Å². The quantitative estimate of drug-likeness (QED) is 0.170. The van der Waals surface area contributed by atoms with E-state index < -0.39 is 17.6 Å². The first kappa shape index (κ1) is 31.8. The average molecular weight is 577 g/mol. The second-order valence-corrected chi connectivity index (χ2v) is 9.37. The van der Waals surface area contributed by atoms with Gasteiger partial charge in [-0.15, -0.1) is 0 Å². The molecule has 0 fully saturated rings. The number of aryl methyl sites for hydroxylation is 1. The molecule has 42 heavy (non-hydrogen) atoms. The van der Waals surface area contributed by atoms with Crippen molar-refractivity contribution in [1.82, 2.24) is 4.98 Å². The molecule has 1 aromatic heterocycles. The molecule has 0 saturated heterocycles. The lowest BCUT2D eigenvalue weighted by molar-refractivity contribution is -0.137. The van der Waals surface area contributed by atoms with Crippen molar-refractivity contribution >= 4 is 40.8 Å². The summed E-state index contributed by atoms with van der Waals surface area (Å²) in [4.78, 5) is 27.7. The van der Waals surface area contributed by atoms with Gasteiger partial charge >= 0.3 is 6.18 Å². The highest BCUT2D eigenvalue weighted by molar-refractivity contribution is 6.06. The predicted octanol–water partition coefficient (Wildman–Crippen LogP) is 7.98. The Hall–Kier alpha value is -4.73. The van der Waals surface area contributed by atoms with Crippen molar-refractivity contribution in [3.63, 3.8) is 0 Å². The second kappa shape index (κ2) is 14.2. The molecule has 1 unspecified atom stereocenters. The molecular formula is C32H35F3N6O. The summed E-state index contributed by atoms with van der Waals surface area (Å²) in [7, 11) is 0. The molecule has 3 aromatic rings. The third-order valence-electron chi connectivity index (χ3n) is 6.09. The number of aliphatic imine (C=N–C) groups is 2. The van der Waals surface area contributed by atoms with Gasteiger partial charge in [0.2, 0.25) is 0 Å². The Morgan fingerprint density at radius 1 is 1.12 bits per heavy atom. The van der Waals surface area contributed by atoms with E-state index in [1.54, 1.807) is 54.6 Å². The van der Waals surface area contributed by atoms with Gasteiger partial charge in [-0.3, -0.25) is 14.8 Å². The summed E-state index contributed by atoms with van der Waals surface area (Å²) >= 11 is 0. The smallest absolute Gasteiger partial charge is 0.344 e. The van der Waals surface area contributed by atoms with Gasteiger partial charge in [-0.25, -0.2) is 4.99 Å². The molecule has 1 aliphatic heterocycles. The summed E-state index contributed by atoms with van der Waals surface area (Å²) in [6.45, 7) is 13.7. The Morgan fingerprint density at radius 3 is 2.50 bits per heavy atom. The summed E-state index contributed by atoms with van der Waals surface area (Å²) in [6, 6.07) is 12.1. The van der Waals surface area contributed by atoms with Crippen LogP contribution in [0, 0.1) is 6.92 Å². The van der Waals surface area contributed by atoms with Crippen molar-refractivity contribution in [2.24, 2.45) is 9.98 Å². The number of carbonyl (C=O) groups is 1. The molecule has 0 aliphatic carbocycles. The third kappa shape index (κ3) is 8.39. The zero-order chi connectivity index (χ0) is 30.9. The predicted molar refractivity (Wildman–Crippen MR) is 166 cm³/mol. The van der Waals surface area contributed by atoms with Crippen LogP contribution in [0.4, 0.5) is 30.2 Å². The zero-order valence-corrected chi connectivity index (χ0v) is 24.3. The highest BCUT2D eigenvalue weighted by Gasteiger charge is 2.32. The van der Waals surface area contributed by atoms with E-state index in [-0.39, 0.29) is 17.3 Å². The number of aromatic nitrogens is 1. The van der Waals surface area contributed by atoms with Gasteiger partial charge in [0.25, 0.3) is 5.91 Å². The third-order valence-corrected chi connectivity index (χ3v) is 6.09. The number of amidine groups is 1. The van der Waals surface area contributed by atoms with E-state index in [1.165, 1.54) is 12.4 Å². The Labute approximate surface area is 244 Å². The van der Waals surface area contributed by atoms with E-state index in [2.05, 4.69) is 32.2 Å². The van der Waals surface area contributed by atoms with Gasteiger partial charge < -0.3 is 15.5 Å². The fourth-order valence-corrected chi connectivity index (χ4v) is 4.09. The number of halogens is 3. The summed E-state index contributed by atoms with van der Waals surface area (Å²) in [6.07, 6.45) is 3.69. The maximum absolute atomic E-state index is 13.6. The first-order valence-corrected chi connectivity index (χ1v) is 13.5. The first-order chi connectivity index (χ1) is 20.0. The van der Waals surface area contributed by atoms with E-state index >= 15 is 0 Å². The fraction of sp³-hybridized carbons (Fsp3) is 0.250. The van der Waals surface area contributed by atoms with Gasteiger partial charge in [0, 0.05) is 47.1 Å². The SMILES string of the molecule is C=C/C=C(\N=C(C)Nc1cc(C(=O)Nc2cc(N3C=NC(C)C3)cc(C(F)(F)F)c2)ccc1C)c1cccnc1.CC. The van der Waals surface area contributed by atoms with Crippen LogP contribution in [-0.4, -0.2) is 35.7 Å². The van der Waals surface area contributed by atoms with Gasteiger partial charge in [0.05, 0.1) is 23.6 Å². The molecule has 2 heterocycles. The van der Waals surface area contributed by atoms with E-state index in [0.29, 0.717) is 29.5 Å². The molecule has 1 atom stereocenters. The monoisotopic (exact) mass is 576 g/mol. The largest absolute Gasteiger partial charge is 0.416 e. The van der Waals surface area contributed by atoms with Crippen LogP contribution in [0.15, 0.2) is 89.6 Å². The van der Waals surface area contributed by atoms with Gasteiger partial charge in [-0.1, -0.05) is 32.6 Å². The Kier molecular flexibility index (Phi) is 10.8. The van der Waals surface area contributed by atoms with Crippen molar-refractivity contribution in [3.05, 3.63) is 102 Å². The molecule has 4 rings (SSSR count). The number of anilines is 3. The number of alkyl halides is 3. The zero-order valence-electron chi connectivity index (χ0n) is 24.3. The molecule has 1 amide bonds. The minimum absolute atomic E-state index is 0.0336. The molecule has 0 saturated carbocycles. The van der Waals surface area contributed by atoms with Crippen LogP contribution >= 0.6 is 0 Å². The first-order valence-electron chi connectivity index (χ1n) is 13.5. The van der Waals surface area contributed by atoms with Crippen LogP contribution in [0.3, 0.4) is 0 Å². The van der Waals surface area contributed by atoms with E-state index in [0.717, 1.165) is 23.3 Å². The molecule has 220 valence electrons. The van der Waals surface area contributed by atoms with Crippen LogP contribution in [0.25, 0.3) is 5.70 Å². The summed E-state index contributed by atoms with van der Waals surface area (Å²) in [5, 5.41) is 5.83. The highest BCUT2D eigenvalue weighted by Crippen LogP contribution is 2.35. The normalized spacial score (nSPS) is 15.1. The van der Waals surface area contributed by atoms with E-state index in [4.69, 9.17) is 0 Å². The molecule has 10 heteroatoms. The van der Waals surface area contributed by atoms with Gasteiger partial charge in [0.1, 0.15) is 5.84 Å². The van der Waals surface area contributed by atoms with Crippen LogP contribution in [0.1, 0.15) is 54.7 Å². The van der Waals surface area contributed by atoms with Crippen molar-refractivity contribution in [2.45, 2.75) is 46.8 Å².